The number of benzene rings is 1. The van der Waals surface area contributed by atoms with Crippen LogP contribution in [0.15, 0.2) is 28.6 Å². The van der Waals surface area contributed by atoms with Crippen molar-refractivity contribution >= 4 is 43.8 Å². The van der Waals surface area contributed by atoms with Gasteiger partial charge >= 0.3 is 0 Å². The summed E-state index contributed by atoms with van der Waals surface area (Å²) in [5.41, 5.74) is 0.420. The number of thiazole rings is 1. The predicted molar refractivity (Wildman–Crippen MR) is 110 cm³/mol. The molecule has 0 radical (unpaired) electrons. The summed E-state index contributed by atoms with van der Waals surface area (Å²) in [7, 11) is -0.0184. The molecular weight excluding hydrogens is 423 g/mol. The average Bonchev–Trinajstić information content (AvgIpc) is 3.20. The van der Waals surface area contributed by atoms with E-state index in [0.717, 1.165) is 42.1 Å². The van der Waals surface area contributed by atoms with Gasteiger partial charge in [-0.15, -0.1) is 11.3 Å². The third-order valence-electron chi connectivity index (χ3n) is 5.60. The van der Waals surface area contributed by atoms with Crippen molar-refractivity contribution in [2.45, 2.75) is 36.2 Å². The van der Waals surface area contributed by atoms with Crippen molar-refractivity contribution in [2.75, 3.05) is 24.1 Å². The van der Waals surface area contributed by atoms with Crippen LogP contribution in [0.4, 0.5) is 15.2 Å². The first kappa shape index (κ1) is 19.9. The predicted octanol–water partition coefficient (Wildman–Crippen LogP) is 3.88. The number of halogens is 2. The second-order valence-corrected chi connectivity index (χ2v) is 10.7. The van der Waals surface area contributed by atoms with Crippen molar-refractivity contribution in [2.24, 2.45) is 11.8 Å². The van der Waals surface area contributed by atoms with E-state index >= 15 is 0 Å². The van der Waals surface area contributed by atoms with Crippen LogP contribution in [0.5, 0.6) is 0 Å². The molecule has 6 nitrogen and oxygen atoms in total. The van der Waals surface area contributed by atoms with Gasteiger partial charge in [-0.3, -0.25) is 4.72 Å². The fraction of sp³-hybridized carbons (Fsp3) is 0.500. The number of fused-ring (bicyclic) bond motifs is 1. The standard InChI is InChI=1S/C18H22ClFN4O2S2/c1-24(2)16-7-11-5-10(11)6-15(16)22-14-9-13(20)17(8-12(14)19)28(25,26)23-18-21-3-4-27-18/h3-4,8-11,15-16,22H,5-7H2,1-2H3,(H,21,23)/t10?,11-,15-,16-/m0/s1. The number of likely N-dealkylation sites (N-methyl/N-ethyl adjacent to an activating group) is 1. The number of hydrogen-bond donors (Lipinski definition) is 2. The minimum Gasteiger partial charge on any atom is -0.379 e. The maximum Gasteiger partial charge on any atom is 0.266 e. The van der Waals surface area contributed by atoms with Crippen molar-refractivity contribution in [1.82, 2.24) is 9.88 Å². The van der Waals surface area contributed by atoms with Crippen LogP contribution in [-0.4, -0.2) is 44.5 Å². The van der Waals surface area contributed by atoms with Gasteiger partial charge in [0.25, 0.3) is 10.0 Å². The van der Waals surface area contributed by atoms with Crippen LogP contribution in [0.25, 0.3) is 0 Å². The molecule has 0 amide bonds. The van der Waals surface area contributed by atoms with E-state index in [1.807, 2.05) is 14.1 Å². The summed E-state index contributed by atoms with van der Waals surface area (Å²) in [5, 5.41) is 5.34. The highest BCUT2D eigenvalue weighted by atomic mass is 35.5. The Hall–Kier alpha value is -1.42. The number of hydrogen-bond acceptors (Lipinski definition) is 6. The van der Waals surface area contributed by atoms with Gasteiger partial charge in [-0.05, 0) is 57.3 Å². The number of rotatable bonds is 6. The number of anilines is 2. The van der Waals surface area contributed by atoms with Gasteiger partial charge < -0.3 is 10.2 Å². The minimum absolute atomic E-state index is 0.145. The molecule has 1 aromatic heterocycles. The number of sulfonamides is 1. The van der Waals surface area contributed by atoms with Crippen molar-refractivity contribution in [3.05, 3.63) is 34.5 Å². The number of aromatic nitrogens is 1. The first-order chi connectivity index (χ1) is 13.2. The molecule has 152 valence electrons. The minimum atomic E-state index is -4.11. The highest BCUT2D eigenvalue weighted by molar-refractivity contribution is 7.93. The Labute approximate surface area is 173 Å². The Morgan fingerprint density at radius 2 is 2.00 bits per heavy atom. The Morgan fingerprint density at radius 1 is 1.25 bits per heavy atom. The molecule has 28 heavy (non-hydrogen) atoms. The smallest absolute Gasteiger partial charge is 0.266 e. The lowest BCUT2D eigenvalue weighted by Gasteiger charge is -2.37. The molecule has 4 rings (SSSR count). The van der Waals surface area contributed by atoms with Crippen LogP contribution < -0.4 is 10.0 Å². The van der Waals surface area contributed by atoms with Gasteiger partial charge in [0.1, 0.15) is 10.7 Å². The molecule has 2 aliphatic rings. The summed E-state index contributed by atoms with van der Waals surface area (Å²) in [5.74, 6) is 0.666. The van der Waals surface area contributed by atoms with E-state index in [1.54, 1.807) is 5.38 Å². The summed E-state index contributed by atoms with van der Waals surface area (Å²) in [6.45, 7) is 0. The average molecular weight is 445 g/mol. The Kier molecular flexibility index (Phi) is 5.28. The molecule has 2 aromatic rings. The molecule has 0 saturated heterocycles. The van der Waals surface area contributed by atoms with E-state index in [-0.39, 0.29) is 16.2 Å². The van der Waals surface area contributed by atoms with Crippen molar-refractivity contribution < 1.29 is 12.8 Å². The zero-order chi connectivity index (χ0) is 20.1. The normalized spacial score (nSPS) is 26.8. The Morgan fingerprint density at radius 3 is 2.68 bits per heavy atom. The maximum atomic E-state index is 14.7. The van der Waals surface area contributed by atoms with Gasteiger partial charge in [-0.1, -0.05) is 11.6 Å². The zero-order valence-electron chi connectivity index (χ0n) is 15.5. The molecule has 1 heterocycles. The molecule has 2 fully saturated rings. The molecule has 4 atom stereocenters. The van der Waals surface area contributed by atoms with Crippen molar-refractivity contribution in [3.63, 3.8) is 0 Å². The van der Waals surface area contributed by atoms with Gasteiger partial charge in [-0.25, -0.2) is 17.8 Å². The lowest BCUT2D eigenvalue weighted by atomic mass is 9.89. The first-order valence-corrected chi connectivity index (χ1v) is 11.8. The van der Waals surface area contributed by atoms with Crippen LogP contribution >= 0.6 is 22.9 Å². The molecule has 0 spiro atoms. The summed E-state index contributed by atoms with van der Waals surface area (Å²) in [6, 6.07) is 2.80. The molecule has 10 heteroatoms. The highest BCUT2D eigenvalue weighted by Gasteiger charge is 2.47. The molecule has 2 N–H and O–H groups in total. The Balaban J connectivity index is 1.57. The van der Waals surface area contributed by atoms with Gasteiger partial charge in [0, 0.05) is 23.7 Å². The molecule has 2 saturated carbocycles. The van der Waals surface area contributed by atoms with Gasteiger partial charge in [0.05, 0.1) is 10.7 Å². The van der Waals surface area contributed by atoms with Crippen molar-refractivity contribution in [3.8, 4) is 0 Å². The first-order valence-electron chi connectivity index (χ1n) is 9.09. The fourth-order valence-electron chi connectivity index (χ4n) is 4.06. The summed E-state index contributed by atoms with van der Waals surface area (Å²) < 4.78 is 42.0. The third-order valence-corrected chi connectivity index (χ3v) is 8.09. The van der Waals surface area contributed by atoms with Gasteiger partial charge in [0.2, 0.25) is 0 Å². The van der Waals surface area contributed by atoms with E-state index < -0.39 is 20.7 Å². The zero-order valence-corrected chi connectivity index (χ0v) is 17.9. The van der Waals surface area contributed by atoms with E-state index in [1.165, 1.54) is 18.7 Å². The number of nitrogens with one attached hydrogen (secondary N) is 2. The van der Waals surface area contributed by atoms with Gasteiger partial charge in [-0.2, -0.15) is 0 Å². The molecule has 2 aliphatic carbocycles. The highest BCUT2D eigenvalue weighted by Crippen LogP contribution is 2.51. The lowest BCUT2D eigenvalue weighted by Crippen LogP contribution is -2.46. The molecule has 1 unspecified atom stereocenters. The van der Waals surface area contributed by atoms with Crippen LogP contribution in [0.3, 0.4) is 0 Å². The maximum absolute atomic E-state index is 14.7. The second kappa shape index (κ2) is 7.44. The fourth-order valence-corrected chi connectivity index (χ4v) is 6.22. The van der Waals surface area contributed by atoms with E-state index in [4.69, 9.17) is 11.6 Å². The van der Waals surface area contributed by atoms with E-state index in [9.17, 15) is 12.8 Å². The number of nitrogens with zero attached hydrogens (tertiary/aromatic N) is 2. The summed E-state index contributed by atoms with van der Waals surface area (Å²) in [4.78, 5) is 5.56. The third kappa shape index (κ3) is 3.98. The SMILES string of the molecule is CN(C)[C@H]1C[C@@H]2CC2C[C@@H]1Nc1cc(F)c(S(=O)(=O)Nc2nccs2)cc1Cl. The quantitative estimate of drug-likeness (QED) is 0.707. The van der Waals surface area contributed by atoms with Gasteiger partial charge in [0.15, 0.2) is 5.13 Å². The summed E-state index contributed by atoms with van der Waals surface area (Å²) >= 11 is 7.45. The largest absolute Gasteiger partial charge is 0.379 e. The topological polar surface area (TPSA) is 74.3 Å². The summed E-state index contributed by atoms with van der Waals surface area (Å²) in [6.07, 6.45) is 4.84. The van der Waals surface area contributed by atoms with Crippen LogP contribution in [-0.2, 0) is 10.0 Å². The Bertz CT molecular complexity index is 968. The van der Waals surface area contributed by atoms with Crippen molar-refractivity contribution in [1.29, 1.82) is 0 Å². The van der Waals surface area contributed by atoms with Crippen LogP contribution in [0, 0.1) is 17.7 Å². The van der Waals surface area contributed by atoms with E-state index in [0.29, 0.717) is 11.7 Å². The van der Waals surface area contributed by atoms with Crippen LogP contribution in [0.1, 0.15) is 19.3 Å². The lowest BCUT2D eigenvalue weighted by molar-refractivity contribution is 0.204. The van der Waals surface area contributed by atoms with E-state index in [2.05, 4.69) is 19.9 Å². The second-order valence-electron chi connectivity index (χ2n) is 7.71. The molecular formula is C18H22ClFN4O2S2. The molecule has 0 aliphatic heterocycles. The molecule has 0 bridgehead atoms. The van der Waals surface area contributed by atoms with Crippen LogP contribution in [0.2, 0.25) is 5.02 Å². The molecule has 1 aromatic carbocycles. The monoisotopic (exact) mass is 444 g/mol.